The summed E-state index contributed by atoms with van der Waals surface area (Å²) in [5.74, 6) is -0.238. The molecule has 4 heteroatoms. The van der Waals surface area contributed by atoms with Gasteiger partial charge < -0.3 is 4.57 Å². The second-order valence-electron chi connectivity index (χ2n) is 4.05. The van der Waals surface area contributed by atoms with Gasteiger partial charge in [0, 0.05) is 6.20 Å². The lowest BCUT2D eigenvalue weighted by molar-refractivity contribution is 0.0977. The molecular formula is C14H10FNOS. The Morgan fingerprint density at radius 2 is 2.17 bits per heavy atom. The third kappa shape index (κ3) is 1.95. The van der Waals surface area contributed by atoms with Crippen LogP contribution < -0.4 is 0 Å². The standard InChI is InChI=1S/C14H10FNOS/c15-11-4-3-10-5-6-16(12(10)8-11)9-13(17)14-2-1-7-18-14/h1-8H,9H2. The van der Waals surface area contributed by atoms with Crippen molar-refractivity contribution in [3.63, 3.8) is 0 Å². The van der Waals surface area contributed by atoms with Crippen LogP contribution in [0.5, 0.6) is 0 Å². The van der Waals surface area contributed by atoms with Gasteiger partial charge in [-0.1, -0.05) is 6.07 Å². The van der Waals surface area contributed by atoms with Gasteiger partial charge in [-0.25, -0.2) is 4.39 Å². The van der Waals surface area contributed by atoms with Gasteiger partial charge in [0.15, 0.2) is 5.78 Å². The molecule has 2 aromatic heterocycles. The van der Waals surface area contributed by atoms with Crippen LogP contribution in [0.3, 0.4) is 0 Å². The first-order chi connectivity index (χ1) is 8.74. The molecular weight excluding hydrogens is 249 g/mol. The van der Waals surface area contributed by atoms with Gasteiger partial charge in [0.25, 0.3) is 0 Å². The van der Waals surface area contributed by atoms with Crippen LogP contribution in [0, 0.1) is 5.82 Å². The van der Waals surface area contributed by atoms with Crippen molar-refractivity contribution in [3.8, 4) is 0 Å². The van der Waals surface area contributed by atoms with E-state index in [0.717, 1.165) is 15.8 Å². The van der Waals surface area contributed by atoms with Crippen molar-refractivity contribution in [2.75, 3.05) is 0 Å². The Morgan fingerprint density at radius 3 is 2.94 bits per heavy atom. The third-order valence-corrected chi connectivity index (χ3v) is 3.76. The highest BCUT2D eigenvalue weighted by molar-refractivity contribution is 7.12. The average molecular weight is 259 g/mol. The minimum Gasteiger partial charge on any atom is -0.340 e. The highest BCUT2D eigenvalue weighted by atomic mass is 32.1. The highest BCUT2D eigenvalue weighted by Gasteiger charge is 2.09. The number of Topliss-reactive ketones (excluding diaryl/α,β-unsaturated/α-hetero) is 1. The Morgan fingerprint density at radius 1 is 1.28 bits per heavy atom. The maximum atomic E-state index is 13.2. The van der Waals surface area contributed by atoms with Gasteiger partial charge >= 0.3 is 0 Å². The van der Waals surface area contributed by atoms with Crippen molar-refractivity contribution in [2.24, 2.45) is 0 Å². The number of carbonyl (C=O) groups excluding carboxylic acids is 1. The zero-order chi connectivity index (χ0) is 12.5. The molecule has 0 aliphatic rings. The van der Waals surface area contributed by atoms with Gasteiger partial charge in [0.2, 0.25) is 0 Å². The van der Waals surface area contributed by atoms with E-state index in [1.807, 2.05) is 23.7 Å². The van der Waals surface area contributed by atoms with E-state index in [2.05, 4.69) is 0 Å². The second-order valence-corrected chi connectivity index (χ2v) is 4.99. The molecule has 0 amide bonds. The van der Waals surface area contributed by atoms with Gasteiger partial charge in [-0.15, -0.1) is 11.3 Å². The lowest BCUT2D eigenvalue weighted by atomic mass is 10.2. The van der Waals surface area contributed by atoms with Crippen LogP contribution in [0.25, 0.3) is 10.9 Å². The van der Waals surface area contributed by atoms with Gasteiger partial charge in [-0.05, 0) is 41.1 Å². The molecule has 18 heavy (non-hydrogen) atoms. The molecule has 2 heterocycles. The van der Waals surface area contributed by atoms with Crippen LogP contribution in [0.1, 0.15) is 9.67 Å². The van der Waals surface area contributed by atoms with E-state index < -0.39 is 0 Å². The second kappa shape index (κ2) is 4.38. The van der Waals surface area contributed by atoms with Crippen LogP contribution in [0.4, 0.5) is 4.39 Å². The molecule has 3 rings (SSSR count). The van der Waals surface area contributed by atoms with E-state index in [1.54, 1.807) is 16.7 Å². The summed E-state index contributed by atoms with van der Waals surface area (Å²) in [7, 11) is 0. The van der Waals surface area contributed by atoms with Crippen LogP contribution in [-0.4, -0.2) is 10.4 Å². The van der Waals surface area contributed by atoms with E-state index in [0.29, 0.717) is 0 Å². The van der Waals surface area contributed by atoms with E-state index in [-0.39, 0.29) is 18.1 Å². The number of carbonyl (C=O) groups is 1. The minimum atomic E-state index is -0.286. The van der Waals surface area contributed by atoms with Crippen LogP contribution >= 0.6 is 11.3 Å². The minimum absolute atomic E-state index is 0.0479. The molecule has 0 aliphatic carbocycles. The lowest BCUT2D eigenvalue weighted by Gasteiger charge is -2.03. The van der Waals surface area contributed by atoms with Crippen LogP contribution in [-0.2, 0) is 6.54 Å². The Balaban J connectivity index is 1.95. The number of thiophene rings is 1. The molecule has 0 saturated carbocycles. The first-order valence-electron chi connectivity index (χ1n) is 5.55. The van der Waals surface area contributed by atoms with Crippen molar-refractivity contribution in [2.45, 2.75) is 6.54 Å². The predicted octanol–water partition coefficient (Wildman–Crippen LogP) is 3.72. The summed E-state index contributed by atoms with van der Waals surface area (Å²) >= 11 is 1.42. The topological polar surface area (TPSA) is 22.0 Å². The number of ketones is 1. The molecule has 0 unspecified atom stereocenters. The number of hydrogen-bond acceptors (Lipinski definition) is 2. The number of nitrogens with zero attached hydrogens (tertiary/aromatic N) is 1. The molecule has 0 atom stereocenters. The number of aromatic nitrogens is 1. The quantitative estimate of drug-likeness (QED) is 0.657. The van der Waals surface area contributed by atoms with Gasteiger partial charge in [-0.2, -0.15) is 0 Å². The molecule has 2 nitrogen and oxygen atoms in total. The Labute approximate surface area is 107 Å². The number of rotatable bonds is 3. The van der Waals surface area contributed by atoms with Crippen molar-refractivity contribution in [1.82, 2.24) is 4.57 Å². The van der Waals surface area contributed by atoms with Gasteiger partial charge in [-0.3, -0.25) is 4.79 Å². The van der Waals surface area contributed by atoms with E-state index >= 15 is 0 Å². The zero-order valence-corrected chi connectivity index (χ0v) is 10.3. The molecule has 0 aliphatic heterocycles. The number of benzene rings is 1. The Bertz CT molecular complexity index is 700. The highest BCUT2D eigenvalue weighted by Crippen LogP contribution is 2.18. The molecule has 0 N–H and O–H groups in total. The number of hydrogen-bond donors (Lipinski definition) is 0. The molecule has 0 fully saturated rings. The fraction of sp³-hybridized carbons (Fsp3) is 0.0714. The third-order valence-electron chi connectivity index (χ3n) is 2.85. The van der Waals surface area contributed by atoms with Crippen molar-refractivity contribution in [1.29, 1.82) is 0 Å². The molecule has 0 spiro atoms. The molecule has 3 aromatic rings. The van der Waals surface area contributed by atoms with E-state index in [1.165, 1.54) is 23.5 Å². The first kappa shape index (κ1) is 11.2. The summed E-state index contributed by atoms with van der Waals surface area (Å²) in [6.07, 6.45) is 1.82. The number of halogens is 1. The summed E-state index contributed by atoms with van der Waals surface area (Å²) in [5.41, 5.74) is 0.750. The maximum absolute atomic E-state index is 13.2. The summed E-state index contributed by atoms with van der Waals surface area (Å²) in [5, 5.41) is 2.82. The van der Waals surface area contributed by atoms with E-state index in [4.69, 9.17) is 0 Å². The fourth-order valence-corrected chi connectivity index (χ4v) is 2.62. The molecule has 90 valence electrons. The summed E-state index contributed by atoms with van der Waals surface area (Å²) < 4.78 is 15.0. The average Bonchev–Trinajstić information content (AvgIpc) is 2.99. The first-order valence-corrected chi connectivity index (χ1v) is 6.43. The smallest absolute Gasteiger partial charge is 0.192 e. The molecule has 0 saturated heterocycles. The van der Waals surface area contributed by atoms with Crippen molar-refractivity contribution in [3.05, 3.63) is 58.7 Å². The Kier molecular flexibility index (Phi) is 2.72. The summed E-state index contributed by atoms with van der Waals surface area (Å²) in [6.45, 7) is 0.244. The Hall–Kier alpha value is -1.94. The van der Waals surface area contributed by atoms with Crippen molar-refractivity contribution >= 4 is 28.0 Å². The number of fused-ring (bicyclic) bond motifs is 1. The van der Waals surface area contributed by atoms with Gasteiger partial charge in [0.05, 0.1) is 16.9 Å². The van der Waals surface area contributed by atoms with Gasteiger partial charge in [0.1, 0.15) is 5.82 Å². The van der Waals surface area contributed by atoms with Crippen LogP contribution in [0.15, 0.2) is 48.0 Å². The fourth-order valence-electron chi connectivity index (χ4n) is 1.96. The zero-order valence-electron chi connectivity index (χ0n) is 9.47. The molecule has 1 aromatic carbocycles. The molecule has 0 bridgehead atoms. The summed E-state index contributed by atoms with van der Waals surface area (Å²) in [4.78, 5) is 12.7. The van der Waals surface area contributed by atoms with E-state index in [9.17, 15) is 9.18 Å². The largest absolute Gasteiger partial charge is 0.340 e. The van der Waals surface area contributed by atoms with Crippen molar-refractivity contribution < 1.29 is 9.18 Å². The monoisotopic (exact) mass is 259 g/mol. The molecule has 0 radical (unpaired) electrons. The lowest BCUT2D eigenvalue weighted by Crippen LogP contribution is -2.07. The summed E-state index contributed by atoms with van der Waals surface area (Å²) in [6, 6.07) is 10.1. The SMILES string of the molecule is O=C(Cn1ccc2ccc(F)cc21)c1cccs1. The van der Waals surface area contributed by atoms with Crippen LogP contribution in [0.2, 0.25) is 0 Å². The maximum Gasteiger partial charge on any atom is 0.192 e. The predicted molar refractivity (Wildman–Crippen MR) is 70.5 cm³/mol. The normalized spacial score (nSPS) is 10.9.